The SMILES string of the molecule is O=C([O-])CCN1C(=O)c2ccc(C(=O)c3cccc([N+](=O)[O-])c3)cc2C1=O. The van der Waals surface area contributed by atoms with Crippen molar-refractivity contribution in [2.24, 2.45) is 0 Å². The number of ketones is 1. The molecule has 1 aliphatic rings. The number of non-ortho nitro benzene ring substituents is 1. The molecule has 3 rings (SSSR count). The fourth-order valence-corrected chi connectivity index (χ4v) is 2.77. The largest absolute Gasteiger partial charge is 0.550 e. The van der Waals surface area contributed by atoms with E-state index in [0.29, 0.717) is 0 Å². The second-order valence-corrected chi connectivity index (χ2v) is 5.78. The highest BCUT2D eigenvalue weighted by Gasteiger charge is 2.35. The predicted molar refractivity (Wildman–Crippen MR) is 88.0 cm³/mol. The van der Waals surface area contributed by atoms with E-state index in [-0.39, 0.29) is 34.5 Å². The number of hydrogen-bond acceptors (Lipinski definition) is 7. The molecular weight excluding hydrogens is 356 g/mol. The van der Waals surface area contributed by atoms with Gasteiger partial charge in [-0.15, -0.1) is 0 Å². The first kappa shape index (κ1) is 17.9. The summed E-state index contributed by atoms with van der Waals surface area (Å²) in [6.07, 6.45) is -0.495. The maximum Gasteiger partial charge on any atom is 0.270 e. The van der Waals surface area contributed by atoms with Crippen molar-refractivity contribution >= 4 is 29.3 Å². The van der Waals surface area contributed by atoms with E-state index in [1.165, 1.54) is 36.4 Å². The molecule has 9 nitrogen and oxygen atoms in total. The smallest absolute Gasteiger partial charge is 0.270 e. The number of fused-ring (bicyclic) bond motifs is 1. The lowest BCUT2D eigenvalue weighted by Crippen LogP contribution is -2.34. The Kier molecular flexibility index (Phi) is 4.51. The summed E-state index contributed by atoms with van der Waals surface area (Å²) in [5.74, 6) is -3.29. The third kappa shape index (κ3) is 3.30. The summed E-state index contributed by atoms with van der Waals surface area (Å²) in [4.78, 5) is 58.7. The number of nitro benzene ring substituents is 1. The Balaban J connectivity index is 1.92. The number of carboxylic acids is 1. The van der Waals surface area contributed by atoms with Crippen LogP contribution >= 0.6 is 0 Å². The fourth-order valence-electron chi connectivity index (χ4n) is 2.77. The first-order chi connectivity index (χ1) is 12.8. The molecule has 1 aliphatic heterocycles. The Morgan fingerprint density at radius 1 is 0.963 bits per heavy atom. The third-order valence-corrected chi connectivity index (χ3v) is 4.09. The number of amides is 2. The van der Waals surface area contributed by atoms with Gasteiger partial charge in [-0.05, 0) is 12.1 Å². The number of benzene rings is 2. The van der Waals surface area contributed by atoms with Crippen LogP contribution in [0.3, 0.4) is 0 Å². The summed E-state index contributed by atoms with van der Waals surface area (Å²) < 4.78 is 0. The summed E-state index contributed by atoms with van der Waals surface area (Å²) >= 11 is 0. The van der Waals surface area contributed by atoms with Gasteiger partial charge in [0.2, 0.25) is 0 Å². The molecule has 2 aromatic rings. The highest BCUT2D eigenvalue weighted by Crippen LogP contribution is 2.25. The zero-order chi connectivity index (χ0) is 19.7. The van der Waals surface area contributed by atoms with Crippen molar-refractivity contribution in [2.45, 2.75) is 6.42 Å². The molecule has 0 atom stereocenters. The summed E-state index contributed by atoms with van der Waals surface area (Å²) in [7, 11) is 0. The Bertz CT molecular complexity index is 1010. The molecule has 0 bridgehead atoms. The topological polar surface area (TPSA) is 138 Å². The number of rotatable bonds is 6. The van der Waals surface area contributed by atoms with Crippen molar-refractivity contribution in [3.05, 3.63) is 74.8 Å². The van der Waals surface area contributed by atoms with Crippen molar-refractivity contribution in [1.29, 1.82) is 0 Å². The van der Waals surface area contributed by atoms with E-state index in [0.717, 1.165) is 11.0 Å². The predicted octanol–water partition coefficient (Wildman–Crippen LogP) is 0.562. The van der Waals surface area contributed by atoms with Crippen molar-refractivity contribution in [2.75, 3.05) is 6.54 Å². The van der Waals surface area contributed by atoms with Crippen molar-refractivity contribution in [3.63, 3.8) is 0 Å². The molecule has 136 valence electrons. The zero-order valence-corrected chi connectivity index (χ0v) is 13.7. The average Bonchev–Trinajstić information content (AvgIpc) is 2.89. The van der Waals surface area contributed by atoms with Gasteiger partial charge < -0.3 is 9.90 Å². The van der Waals surface area contributed by atoms with Gasteiger partial charge in [0, 0.05) is 42.2 Å². The van der Waals surface area contributed by atoms with Crippen LogP contribution in [-0.4, -0.2) is 39.9 Å². The molecule has 0 radical (unpaired) electrons. The third-order valence-electron chi connectivity index (χ3n) is 4.09. The van der Waals surface area contributed by atoms with Crippen LogP contribution in [0.2, 0.25) is 0 Å². The number of carbonyl (C=O) groups excluding carboxylic acids is 4. The van der Waals surface area contributed by atoms with Crippen LogP contribution in [0.4, 0.5) is 5.69 Å². The van der Waals surface area contributed by atoms with E-state index in [1.807, 2.05) is 0 Å². The summed E-state index contributed by atoms with van der Waals surface area (Å²) in [5.41, 5.74) is -0.0582. The summed E-state index contributed by atoms with van der Waals surface area (Å²) in [5, 5.41) is 21.4. The van der Waals surface area contributed by atoms with Crippen molar-refractivity contribution < 1.29 is 29.2 Å². The van der Waals surface area contributed by atoms with Gasteiger partial charge >= 0.3 is 0 Å². The van der Waals surface area contributed by atoms with E-state index >= 15 is 0 Å². The number of nitro groups is 1. The standard InChI is InChI=1S/C18H12N2O7/c21-15(22)6-7-19-17(24)13-5-4-11(9-14(13)18(19)25)16(23)10-2-1-3-12(8-10)20(26)27/h1-5,8-9H,6-7H2,(H,21,22)/p-1. The van der Waals surface area contributed by atoms with Crippen LogP contribution in [-0.2, 0) is 4.79 Å². The number of hydrogen-bond donors (Lipinski definition) is 0. The van der Waals surface area contributed by atoms with Crippen LogP contribution in [0.1, 0.15) is 43.1 Å². The van der Waals surface area contributed by atoms with Gasteiger partial charge in [-0.1, -0.05) is 18.2 Å². The highest BCUT2D eigenvalue weighted by molar-refractivity contribution is 6.22. The molecule has 27 heavy (non-hydrogen) atoms. The zero-order valence-electron chi connectivity index (χ0n) is 13.7. The molecule has 0 aliphatic carbocycles. The van der Waals surface area contributed by atoms with E-state index in [1.54, 1.807) is 0 Å². The highest BCUT2D eigenvalue weighted by atomic mass is 16.6. The van der Waals surface area contributed by atoms with Crippen molar-refractivity contribution in [1.82, 2.24) is 4.90 Å². The molecule has 2 aromatic carbocycles. The lowest BCUT2D eigenvalue weighted by atomic mass is 9.99. The van der Waals surface area contributed by atoms with Crippen LogP contribution in [0, 0.1) is 10.1 Å². The molecule has 0 saturated carbocycles. The van der Waals surface area contributed by atoms with Gasteiger partial charge in [0.25, 0.3) is 17.5 Å². The van der Waals surface area contributed by atoms with Crippen LogP contribution < -0.4 is 5.11 Å². The molecule has 9 heteroatoms. The van der Waals surface area contributed by atoms with E-state index in [4.69, 9.17) is 0 Å². The first-order valence-electron chi connectivity index (χ1n) is 7.79. The minimum Gasteiger partial charge on any atom is -0.550 e. The number of nitrogens with zero attached hydrogens (tertiary/aromatic N) is 2. The number of carbonyl (C=O) groups is 4. The molecule has 0 fully saturated rings. The van der Waals surface area contributed by atoms with Gasteiger partial charge in [-0.3, -0.25) is 29.4 Å². The second-order valence-electron chi connectivity index (χ2n) is 5.78. The number of aliphatic carboxylic acids is 1. The fraction of sp³-hybridized carbons (Fsp3) is 0.111. The number of carboxylic acid groups (broad SMARTS) is 1. The molecule has 0 saturated heterocycles. The maximum atomic E-state index is 12.6. The van der Waals surface area contributed by atoms with Gasteiger partial charge in [0.05, 0.1) is 16.1 Å². The molecule has 1 heterocycles. The van der Waals surface area contributed by atoms with E-state index in [2.05, 4.69) is 0 Å². The molecule has 0 spiro atoms. The average molecular weight is 367 g/mol. The Morgan fingerprint density at radius 2 is 1.63 bits per heavy atom. The van der Waals surface area contributed by atoms with E-state index < -0.39 is 34.9 Å². The van der Waals surface area contributed by atoms with Gasteiger partial charge in [-0.25, -0.2) is 0 Å². The molecular formula is C18H11N2O7-. The lowest BCUT2D eigenvalue weighted by Gasteiger charge is -2.13. The normalized spacial score (nSPS) is 12.8. The van der Waals surface area contributed by atoms with Crippen molar-refractivity contribution in [3.8, 4) is 0 Å². The second kappa shape index (κ2) is 6.79. The summed E-state index contributed by atoms with van der Waals surface area (Å²) in [6.45, 7) is -0.331. The van der Waals surface area contributed by atoms with Gasteiger partial charge in [0.15, 0.2) is 5.78 Å². The lowest BCUT2D eigenvalue weighted by molar-refractivity contribution is -0.384. The Morgan fingerprint density at radius 3 is 2.30 bits per heavy atom. The molecule has 0 aromatic heterocycles. The van der Waals surface area contributed by atoms with Crippen LogP contribution in [0.25, 0.3) is 0 Å². The summed E-state index contributed by atoms with van der Waals surface area (Å²) in [6, 6.07) is 9.02. The quantitative estimate of drug-likeness (QED) is 0.315. The van der Waals surface area contributed by atoms with E-state index in [9.17, 15) is 34.4 Å². The maximum absolute atomic E-state index is 12.6. The van der Waals surface area contributed by atoms with Crippen LogP contribution in [0.15, 0.2) is 42.5 Å². The molecule has 2 amide bonds. The number of imide groups is 1. The Labute approximate surface area is 152 Å². The first-order valence-corrected chi connectivity index (χ1v) is 7.79. The van der Waals surface area contributed by atoms with Gasteiger partial charge in [-0.2, -0.15) is 0 Å². The molecule has 0 unspecified atom stereocenters. The minimum absolute atomic E-state index is 0.0189. The molecule has 0 N–H and O–H groups in total. The van der Waals surface area contributed by atoms with Crippen LogP contribution in [0.5, 0.6) is 0 Å². The van der Waals surface area contributed by atoms with Gasteiger partial charge in [0.1, 0.15) is 0 Å². The Hall–Kier alpha value is -3.88. The minimum atomic E-state index is -1.40. The monoisotopic (exact) mass is 367 g/mol.